The monoisotopic (exact) mass is 710 g/mol. The Bertz CT molecular complexity index is 3140. The Balaban J connectivity index is 1.01. The molecule has 11 aromatic rings. The first-order chi connectivity index (χ1) is 26.7. The van der Waals surface area contributed by atoms with E-state index in [-0.39, 0.29) is 0 Å². The van der Waals surface area contributed by atoms with Gasteiger partial charge in [-0.3, -0.25) is 0 Å². The minimum atomic E-state index is 0.602. The lowest BCUT2D eigenvalue weighted by Gasteiger charge is -2.26. The Hall–Kier alpha value is -6.95. The molecule has 254 valence electrons. The van der Waals surface area contributed by atoms with Crippen LogP contribution in [0.2, 0.25) is 0 Å². The fourth-order valence-corrected chi connectivity index (χ4v) is 8.91. The molecule has 0 spiro atoms. The molecule has 0 saturated heterocycles. The molecule has 0 bridgehead atoms. The average Bonchev–Trinajstić information content (AvgIpc) is 3.94. The van der Waals surface area contributed by atoms with E-state index in [0.717, 1.165) is 55.7 Å². The second-order valence-corrected chi connectivity index (χ2v) is 14.6. The molecule has 0 aliphatic carbocycles. The molecule has 54 heavy (non-hydrogen) atoms. The number of oxazole rings is 1. The van der Waals surface area contributed by atoms with Crippen molar-refractivity contribution in [1.82, 2.24) is 4.98 Å². The van der Waals surface area contributed by atoms with Crippen molar-refractivity contribution < 1.29 is 8.83 Å². The van der Waals surface area contributed by atoms with E-state index in [1.807, 2.05) is 53.8 Å². The first-order valence-electron chi connectivity index (χ1n) is 18.0. The highest BCUT2D eigenvalue weighted by Gasteiger charge is 2.19. The van der Waals surface area contributed by atoms with Gasteiger partial charge in [-0.15, -0.1) is 11.3 Å². The summed E-state index contributed by atoms with van der Waals surface area (Å²) in [5, 5.41) is 4.64. The molecule has 5 heteroatoms. The van der Waals surface area contributed by atoms with Gasteiger partial charge in [-0.05, 0) is 82.9 Å². The van der Waals surface area contributed by atoms with Gasteiger partial charge in [0.05, 0.1) is 0 Å². The highest BCUT2D eigenvalue weighted by atomic mass is 32.1. The van der Waals surface area contributed by atoms with Crippen molar-refractivity contribution in [2.24, 2.45) is 0 Å². The lowest BCUT2D eigenvalue weighted by atomic mass is 10.0. The third-order valence-corrected chi connectivity index (χ3v) is 11.5. The molecule has 0 saturated carbocycles. The molecule has 0 atom stereocenters. The van der Waals surface area contributed by atoms with Crippen LogP contribution in [0.25, 0.3) is 86.9 Å². The number of benzene rings is 8. The normalized spacial score (nSPS) is 11.7. The van der Waals surface area contributed by atoms with Crippen LogP contribution in [0.3, 0.4) is 0 Å². The highest BCUT2D eigenvalue weighted by Crippen LogP contribution is 2.43. The average molecular weight is 711 g/mol. The fraction of sp³-hybridized carbons (Fsp3) is 0. The van der Waals surface area contributed by atoms with E-state index >= 15 is 0 Å². The van der Waals surface area contributed by atoms with Gasteiger partial charge in [0.25, 0.3) is 0 Å². The highest BCUT2D eigenvalue weighted by molar-refractivity contribution is 7.26. The molecule has 0 fully saturated rings. The van der Waals surface area contributed by atoms with Crippen LogP contribution in [-0.4, -0.2) is 4.98 Å². The first kappa shape index (κ1) is 30.7. The number of nitrogens with zero attached hydrogens (tertiary/aromatic N) is 2. The SMILES string of the molecule is c1ccc(-c2ccc(N(c3ccc(-c4cccc5c4sc4ccccc45)cc3)c3ccc4c(c3)oc3cc5nc(-c6ccccc6)oc5cc34)cc2)cc1. The van der Waals surface area contributed by atoms with Gasteiger partial charge in [-0.2, -0.15) is 0 Å². The summed E-state index contributed by atoms with van der Waals surface area (Å²) in [6.45, 7) is 0. The Labute approximate surface area is 314 Å². The van der Waals surface area contributed by atoms with Gasteiger partial charge in [0.2, 0.25) is 5.89 Å². The Morgan fingerprint density at radius 3 is 1.81 bits per heavy atom. The zero-order valence-electron chi connectivity index (χ0n) is 28.9. The van der Waals surface area contributed by atoms with Crippen LogP contribution < -0.4 is 4.90 Å². The molecule has 4 nitrogen and oxygen atoms in total. The minimum absolute atomic E-state index is 0.602. The van der Waals surface area contributed by atoms with E-state index in [2.05, 4.69) is 144 Å². The Morgan fingerprint density at radius 1 is 0.407 bits per heavy atom. The van der Waals surface area contributed by atoms with Crippen LogP contribution in [0, 0.1) is 0 Å². The lowest BCUT2D eigenvalue weighted by Crippen LogP contribution is -2.09. The summed E-state index contributed by atoms with van der Waals surface area (Å²) in [6.07, 6.45) is 0. The van der Waals surface area contributed by atoms with Gasteiger partial charge in [0.15, 0.2) is 5.58 Å². The number of hydrogen-bond acceptors (Lipinski definition) is 5. The molecule has 0 radical (unpaired) electrons. The van der Waals surface area contributed by atoms with Gasteiger partial charge in [0, 0.05) is 65.7 Å². The summed E-state index contributed by atoms with van der Waals surface area (Å²) in [6, 6.07) is 64.0. The van der Waals surface area contributed by atoms with E-state index < -0.39 is 0 Å². The number of fused-ring (bicyclic) bond motifs is 7. The number of anilines is 3. The summed E-state index contributed by atoms with van der Waals surface area (Å²) in [7, 11) is 0. The van der Waals surface area contributed by atoms with Crippen LogP contribution >= 0.6 is 11.3 Å². The molecule has 0 N–H and O–H groups in total. The molecule has 3 heterocycles. The van der Waals surface area contributed by atoms with Crippen LogP contribution in [-0.2, 0) is 0 Å². The number of rotatable bonds is 6. The predicted octanol–water partition coefficient (Wildman–Crippen LogP) is 14.6. The predicted molar refractivity (Wildman–Crippen MR) is 225 cm³/mol. The standard InChI is InChI=1S/C49H30N2O2S/c1-3-10-31(11-4-1)32-18-22-35(23-19-32)51(36-24-20-33(21-25-36)38-15-9-16-41-40-14-7-8-17-47(40)54-48(38)41)37-26-27-39-42-29-46-43(30-45(42)52-44(39)28-37)50-49(53-46)34-12-5-2-6-13-34/h1-30H. The van der Waals surface area contributed by atoms with Gasteiger partial charge in [-0.1, -0.05) is 109 Å². The van der Waals surface area contributed by atoms with Crippen LogP contribution in [0.5, 0.6) is 0 Å². The van der Waals surface area contributed by atoms with E-state index in [1.54, 1.807) is 0 Å². The summed E-state index contributed by atoms with van der Waals surface area (Å²) in [5.41, 5.74) is 12.0. The zero-order valence-corrected chi connectivity index (χ0v) is 29.8. The summed E-state index contributed by atoms with van der Waals surface area (Å²) in [5.74, 6) is 0.602. The summed E-state index contributed by atoms with van der Waals surface area (Å²) < 4.78 is 15.4. The van der Waals surface area contributed by atoms with Crippen LogP contribution in [0.4, 0.5) is 17.1 Å². The molecule has 11 rings (SSSR count). The van der Waals surface area contributed by atoms with Gasteiger partial charge in [-0.25, -0.2) is 4.98 Å². The lowest BCUT2D eigenvalue weighted by molar-refractivity contribution is 0.620. The van der Waals surface area contributed by atoms with Crippen molar-refractivity contribution >= 4 is 81.6 Å². The van der Waals surface area contributed by atoms with Crippen molar-refractivity contribution in [2.45, 2.75) is 0 Å². The first-order valence-corrected chi connectivity index (χ1v) is 18.8. The van der Waals surface area contributed by atoms with Gasteiger partial charge >= 0.3 is 0 Å². The largest absolute Gasteiger partial charge is 0.456 e. The molecular weight excluding hydrogens is 681 g/mol. The quantitative estimate of drug-likeness (QED) is 0.172. The second-order valence-electron chi connectivity index (χ2n) is 13.6. The maximum Gasteiger partial charge on any atom is 0.227 e. The van der Waals surface area contributed by atoms with E-state index in [1.165, 1.54) is 42.4 Å². The number of thiophene rings is 1. The Morgan fingerprint density at radius 2 is 1.04 bits per heavy atom. The van der Waals surface area contributed by atoms with E-state index in [9.17, 15) is 0 Å². The van der Waals surface area contributed by atoms with E-state index in [4.69, 9.17) is 13.8 Å². The molecule has 0 aliphatic rings. The molecule has 8 aromatic carbocycles. The van der Waals surface area contributed by atoms with Gasteiger partial charge < -0.3 is 13.7 Å². The third-order valence-electron chi connectivity index (χ3n) is 10.3. The van der Waals surface area contributed by atoms with Crippen molar-refractivity contribution in [3.05, 3.63) is 182 Å². The molecule has 0 aliphatic heterocycles. The number of hydrogen-bond donors (Lipinski definition) is 0. The number of furan rings is 1. The fourth-order valence-electron chi connectivity index (χ4n) is 7.67. The van der Waals surface area contributed by atoms with Crippen molar-refractivity contribution in [3.63, 3.8) is 0 Å². The number of aromatic nitrogens is 1. The Kier molecular flexibility index (Phi) is 7.00. The maximum absolute atomic E-state index is 6.55. The van der Waals surface area contributed by atoms with E-state index in [0.29, 0.717) is 5.89 Å². The van der Waals surface area contributed by atoms with Crippen molar-refractivity contribution in [3.8, 4) is 33.7 Å². The second kappa shape index (κ2) is 12.3. The van der Waals surface area contributed by atoms with Crippen molar-refractivity contribution in [1.29, 1.82) is 0 Å². The molecule has 3 aromatic heterocycles. The smallest absolute Gasteiger partial charge is 0.227 e. The van der Waals surface area contributed by atoms with Crippen LogP contribution in [0.1, 0.15) is 0 Å². The van der Waals surface area contributed by atoms with Crippen LogP contribution in [0.15, 0.2) is 191 Å². The minimum Gasteiger partial charge on any atom is -0.456 e. The summed E-state index contributed by atoms with van der Waals surface area (Å²) >= 11 is 1.86. The topological polar surface area (TPSA) is 42.4 Å². The third kappa shape index (κ3) is 5.09. The molecule has 0 unspecified atom stereocenters. The van der Waals surface area contributed by atoms with Crippen molar-refractivity contribution in [2.75, 3.05) is 4.90 Å². The zero-order chi connectivity index (χ0) is 35.6. The molecular formula is C49H30N2O2S. The van der Waals surface area contributed by atoms with Gasteiger partial charge in [0.1, 0.15) is 16.7 Å². The maximum atomic E-state index is 6.55. The molecule has 0 amide bonds. The summed E-state index contributed by atoms with van der Waals surface area (Å²) in [4.78, 5) is 7.08.